The van der Waals surface area contributed by atoms with E-state index in [4.69, 9.17) is 0 Å². The molecule has 0 heterocycles. The van der Waals surface area contributed by atoms with Crippen molar-refractivity contribution in [3.8, 4) is 5.75 Å². The Morgan fingerprint density at radius 3 is 2.54 bits per heavy atom. The lowest BCUT2D eigenvalue weighted by molar-refractivity contribution is 0.174. The van der Waals surface area contributed by atoms with Crippen molar-refractivity contribution < 1.29 is 10.2 Å². The third-order valence-corrected chi connectivity index (χ3v) is 1.69. The monoisotopic (exact) mass is 203 g/mol. The van der Waals surface area contributed by atoms with Gasteiger partial charge < -0.3 is 15.5 Å². The van der Waals surface area contributed by atoms with Crippen LogP contribution in [0.5, 0.6) is 5.75 Å². The molecule has 1 aromatic carbocycles. The number of nitrogens with one attached hydrogen (secondary N) is 1. The third kappa shape index (κ3) is 3.22. The van der Waals surface area contributed by atoms with E-state index in [-0.39, 0.29) is 18.2 Å². The highest BCUT2D eigenvalue weighted by Gasteiger charge is 2.09. The zero-order valence-electron chi connectivity index (χ0n) is 7.40. The first kappa shape index (κ1) is 12.2. The number of rotatable bonds is 3. The summed E-state index contributed by atoms with van der Waals surface area (Å²) in [6.07, 6.45) is -0.642. The molecule has 0 bridgehead atoms. The summed E-state index contributed by atoms with van der Waals surface area (Å²) < 4.78 is 0. The molecule has 0 aliphatic heterocycles. The Bertz CT molecular complexity index is 255. The van der Waals surface area contributed by atoms with Crippen LogP contribution >= 0.6 is 12.4 Å². The first-order chi connectivity index (χ1) is 5.75. The second kappa shape index (κ2) is 5.80. The van der Waals surface area contributed by atoms with Gasteiger partial charge in [-0.2, -0.15) is 0 Å². The molecule has 4 heteroatoms. The summed E-state index contributed by atoms with van der Waals surface area (Å²) in [4.78, 5) is 0. The SMILES string of the molecule is CNC[C@H](O)c1ccccc1O.Cl. The van der Waals surface area contributed by atoms with Crippen molar-refractivity contribution in [1.29, 1.82) is 0 Å². The molecule has 0 fully saturated rings. The fourth-order valence-electron chi connectivity index (χ4n) is 1.07. The second-order valence-electron chi connectivity index (χ2n) is 2.63. The Balaban J connectivity index is 0.00000144. The minimum absolute atomic E-state index is 0. The largest absolute Gasteiger partial charge is 0.508 e. The van der Waals surface area contributed by atoms with Gasteiger partial charge in [0.15, 0.2) is 0 Å². The molecule has 1 atom stereocenters. The lowest BCUT2D eigenvalue weighted by Gasteiger charge is -2.11. The predicted octanol–water partition coefficient (Wildman–Crippen LogP) is 1.07. The van der Waals surface area contributed by atoms with Gasteiger partial charge in [0.2, 0.25) is 0 Å². The van der Waals surface area contributed by atoms with Crippen LogP contribution in [-0.2, 0) is 0 Å². The number of phenolic OH excluding ortho intramolecular Hbond substituents is 1. The Kier molecular flexibility index (Phi) is 5.46. The van der Waals surface area contributed by atoms with E-state index in [1.165, 1.54) is 0 Å². The molecular weight excluding hydrogens is 190 g/mol. The van der Waals surface area contributed by atoms with Crippen LogP contribution in [0.3, 0.4) is 0 Å². The van der Waals surface area contributed by atoms with Crippen LogP contribution in [0.2, 0.25) is 0 Å². The topological polar surface area (TPSA) is 52.5 Å². The standard InChI is InChI=1S/C9H13NO2.ClH/c1-10-6-9(12)7-4-2-3-5-8(7)11;/h2-5,9-12H,6H2,1H3;1H/t9-;/m0./s1. The molecule has 0 saturated carbocycles. The summed E-state index contributed by atoms with van der Waals surface area (Å²) in [5, 5.41) is 21.6. The van der Waals surface area contributed by atoms with E-state index in [2.05, 4.69) is 5.32 Å². The number of para-hydroxylation sites is 1. The van der Waals surface area contributed by atoms with Gasteiger partial charge in [-0.1, -0.05) is 18.2 Å². The van der Waals surface area contributed by atoms with Crippen LogP contribution in [0.1, 0.15) is 11.7 Å². The zero-order valence-corrected chi connectivity index (χ0v) is 8.21. The Morgan fingerprint density at radius 1 is 1.38 bits per heavy atom. The molecule has 0 aromatic heterocycles. The number of benzene rings is 1. The number of hydrogen-bond donors (Lipinski definition) is 3. The smallest absolute Gasteiger partial charge is 0.121 e. The molecular formula is C9H14ClNO2. The molecule has 0 unspecified atom stereocenters. The van der Waals surface area contributed by atoms with Crippen molar-refractivity contribution in [3.05, 3.63) is 29.8 Å². The highest BCUT2D eigenvalue weighted by Crippen LogP contribution is 2.22. The van der Waals surface area contributed by atoms with Gasteiger partial charge >= 0.3 is 0 Å². The Morgan fingerprint density at radius 2 is 2.00 bits per heavy atom. The quantitative estimate of drug-likeness (QED) is 0.689. The van der Waals surface area contributed by atoms with Crippen molar-refractivity contribution in [2.24, 2.45) is 0 Å². The normalized spacial score (nSPS) is 11.8. The number of hydrogen-bond acceptors (Lipinski definition) is 3. The molecule has 13 heavy (non-hydrogen) atoms. The summed E-state index contributed by atoms with van der Waals surface area (Å²) in [5.41, 5.74) is 0.562. The van der Waals surface area contributed by atoms with Crippen molar-refractivity contribution in [2.75, 3.05) is 13.6 Å². The lowest BCUT2D eigenvalue weighted by atomic mass is 10.1. The van der Waals surface area contributed by atoms with Gasteiger partial charge in [-0.3, -0.25) is 0 Å². The van der Waals surface area contributed by atoms with E-state index in [0.717, 1.165) is 0 Å². The molecule has 3 nitrogen and oxygen atoms in total. The number of likely N-dealkylation sites (N-methyl/N-ethyl adjacent to an activating group) is 1. The van der Waals surface area contributed by atoms with E-state index in [1.54, 1.807) is 31.3 Å². The first-order valence-electron chi connectivity index (χ1n) is 3.86. The Hall–Kier alpha value is -0.770. The average molecular weight is 204 g/mol. The maximum absolute atomic E-state index is 9.48. The molecule has 0 spiro atoms. The van der Waals surface area contributed by atoms with Gasteiger partial charge in [-0.05, 0) is 13.1 Å². The predicted molar refractivity (Wildman–Crippen MR) is 54.2 cm³/mol. The summed E-state index contributed by atoms with van der Waals surface area (Å²) in [5.74, 6) is 0.139. The first-order valence-corrected chi connectivity index (χ1v) is 3.86. The molecule has 0 aliphatic carbocycles. The molecule has 1 aromatic rings. The van der Waals surface area contributed by atoms with Crippen molar-refractivity contribution in [3.63, 3.8) is 0 Å². The highest BCUT2D eigenvalue weighted by atomic mass is 35.5. The molecule has 0 saturated heterocycles. The summed E-state index contributed by atoms with van der Waals surface area (Å²) in [7, 11) is 1.75. The van der Waals surface area contributed by atoms with E-state index < -0.39 is 6.10 Å². The third-order valence-electron chi connectivity index (χ3n) is 1.69. The lowest BCUT2D eigenvalue weighted by Crippen LogP contribution is -2.16. The van der Waals surface area contributed by atoms with Gasteiger partial charge in [-0.25, -0.2) is 0 Å². The Labute approximate surface area is 83.8 Å². The number of aromatic hydroxyl groups is 1. The number of aliphatic hydroxyl groups excluding tert-OH is 1. The van der Waals surface area contributed by atoms with Crippen LogP contribution in [0, 0.1) is 0 Å². The maximum Gasteiger partial charge on any atom is 0.121 e. The van der Waals surface area contributed by atoms with Crippen LogP contribution in [0.25, 0.3) is 0 Å². The van der Waals surface area contributed by atoms with Crippen LogP contribution < -0.4 is 5.32 Å². The van der Waals surface area contributed by atoms with Crippen molar-refractivity contribution >= 4 is 12.4 Å². The minimum Gasteiger partial charge on any atom is -0.508 e. The second-order valence-corrected chi connectivity index (χ2v) is 2.63. The van der Waals surface area contributed by atoms with E-state index in [0.29, 0.717) is 12.1 Å². The van der Waals surface area contributed by atoms with Crippen molar-refractivity contribution in [2.45, 2.75) is 6.10 Å². The number of aliphatic hydroxyl groups is 1. The fraction of sp³-hybridized carbons (Fsp3) is 0.333. The number of halogens is 1. The molecule has 1 rings (SSSR count). The number of phenols is 1. The summed E-state index contributed by atoms with van der Waals surface area (Å²) in [6.45, 7) is 0.442. The van der Waals surface area contributed by atoms with Gasteiger partial charge in [-0.15, -0.1) is 12.4 Å². The van der Waals surface area contributed by atoms with Crippen LogP contribution in [0.15, 0.2) is 24.3 Å². The molecule has 0 aliphatic rings. The van der Waals surface area contributed by atoms with Gasteiger partial charge in [0.1, 0.15) is 5.75 Å². The van der Waals surface area contributed by atoms with Crippen LogP contribution in [0.4, 0.5) is 0 Å². The summed E-state index contributed by atoms with van der Waals surface area (Å²) >= 11 is 0. The highest BCUT2D eigenvalue weighted by molar-refractivity contribution is 5.85. The molecule has 3 N–H and O–H groups in total. The summed E-state index contributed by atoms with van der Waals surface area (Å²) in [6, 6.07) is 6.78. The van der Waals surface area contributed by atoms with Crippen LogP contribution in [-0.4, -0.2) is 23.8 Å². The maximum atomic E-state index is 9.48. The minimum atomic E-state index is -0.642. The van der Waals surface area contributed by atoms with Gasteiger partial charge in [0, 0.05) is 12.1 Å². The van der Waals surface area contributed by atoms with E-state index >= 15 is 0 Å². The fourth-order valence-corrected chi connectivity index (χ4v) is 1.07. The average Bonchev–Trinajstić information content (AvgIpc) is 2.05. The molecule has 0 amide bonds. The van der Waals surface area contributed by atoms with Crippen molar-refractivity contribution in [1.82, 2.24) is 5.32 Å². The van der Waals surface area contributed by atoms with E-state index in [1.807, 2.05) is 0 Å². The van der Waals surface area contributed by atoms with Gasteiger partial charge in [0.05, 0.1) is 6.10 Å². The molecule has 0 radical (unpaired) electrons. The zero-order chi connectivity index (χ0) is 8.97. The van der Waals surface area contributed by atoms with E-state index in [9.17, 15) is 10.2 Å². The van der Waals surface area contributed by atoms with Gasteiger partial charge in [0.25, 0.3) is 0 Å². The molecule has 74 valence electrons.